The van der Waals surface area contributed by atoms with Crippen LogP contribution in [0.15, 0.2) is 54.6 Å². The highest BCUT2D eigenvalue weighted by Crippen LogP contribution is 2.26. The van der Waals surface area contributed by atoms with E-state index in [1.807, 2.05) is 47.1 Å². The van der Waals surface area contributed by atoms with Gasteiger partial charge in [0, 0.05) is 43.4 Å². The number of methoxy groups -OCH3 is 1. The van der Waals surface area contributed by atoms with Crippen molar-refractivity contribution in [3.8, 4) is 5.75 Å². The molecule has 1 amide bonds. The lowest BCUT2D eigenvalue weighted by Crippen LogP contribution is -2.39. The highest BCUT2D eigenvalue weighted by atomic mass is 16.5. The van der Waals surface area contributed by atoms with E-state index >= 15 is 0 Å². The van der Waals surface area contributed by atoms with Crippen molar-refractivity contribution < 1.29 is 14.6 Å². The number of rotatable bonds is 10. The number of amides is 1. The Hall–Kier alpha value is -3.16. The molecule has 7 heteroatoms. The summed E-state index contributed by atoms with van der Waals surface area (Å²) in [6.45, 7) is 4.73. The topological polar surface area (TPSA) is 79.6 Å². The molecule has 0 fully saturated rings. The zero-order valence-corrected chi connectivity index (χ0v) is 20.0. The molecule has 4 rings (SSSR count). The summed E-state index contributed by atoms with van der Waals surface area (Å²) in [5.74, 6) is 0.711. The van der Waals surface area contributed by atoms with Crippen molar-refractivity contribution in [2.24, 2.45) is 0 Å². The molecule has 7 nitrogen and oxygen atoms in total. The largest absolute Gasteiger partial charge is 0.497 e. The number of ether oxygens (including phenoxy) is 1. The maximum absolute atomic E-state index is 13.1. The van der Waals surface area contributed by atoms with Gasteiger partial charge in [0.05, 0.1) is 20.3 Å². The van der Waals surface area contributed by atoms with Crippen molar-refractivity contribution in [1.82, 2.24) is 20.0 Å². The molecule has 0 radical (unpaired) electrons. The van der Waals surface area contributed by atoms with Crippen LogP contribution in [0.25, 0.3) is 0 Å². The van der Waals surface area contributed by atoms with E-state index in [1.165, 1.54) is 5.56 Å². The molecular weight excluding hydrogens is 428 g/mol. The summed E-state index contributed by atoms with van der Waals surface area (Å²) in [6, 6.07) is 18.5. The lowest BCUT2D eigenvalue weighted by molar-refractivity contribution is 0.0941. The molecule has 1 aliphatic heterocycles. The third kappa shape index (κ3) is 5.66. The number of aliphatic hydroxyl groups is 1. The number of fused-ring (bicyclic) bond motifs is 1. The summed E-state index contributed by atoms with van der Waals surface area (Å²) >= 11 is 0. The molecule has 2 heterocycles. The Bertz CT molecular complexity index is 1080. The van der Waals surface area contributed by atoms with Gasteiger partial charge in [0.25, 0.3) is 5.91 Å². The smallest absolute Gasteiger partial charge is 0.272 e. The second kappa shape index (κ2) is 11.3. The van der Waals surface area contributed by atoms with Crippen LogP contribution in [0.3, 0.4) is 0 Å². The number of carbonyl (C=O) groups excluding carboxylic acids is 1. The molecule has 2 aromatic carbocycles. The third-order valence-electron chi connectivity index (χ3n) is 6.62. The predicted molar refractivity (Wildman–Crippen MR) is 132 cm³/mol. The second-order valence-corrected chi connectivity index (χ2v) is 8.85. The number of hydrogen-bond acceptors (Lipinski definition) is 5. The van der Waals surface area contributed by atoms with Crippen LogP contribution >= 0.6 is 0 Å². The van der Waals surface area contributed by atoms with Crippen molar-refractivity contribution in [2.75, 3.05) is 20.3 Å². The van der Waals surface area contributed by atoms with Gasteiger partial charge in [0.1, 0.15) is 5.75 Å². The minimum Gasteiger partial charge on any atom is -0.497 e. The van der Waals surface area contributed by atoms with Crippen LogP contribution in [-0.2, 0) is 32.5 Å². The average molecular weight is 463 g/mol. The summed E-state index contributed by atoms with van der Waals surface area (Å²) in [5, 5.41) is 17.1. The monoisotopic (exact) mass is 462 g/mol. The molecule has 2 N–H and O–H groups in total. The normalized spacial score (nSPS) is 14.4. The first-order valence-corrected chi connectivity index (χ1v) is 12.0. The summed E-state index contributed by atoms with van der Waals surface area (Å²) in [4.78, 5) is 15.5. The number of aryl methyl sites for hydroxylation is 1. The van der Waals surface area contributed by atoms with Gasteiger partial charge in [0.2, 0.25) is 0 Å². The molecule has 0 saturated heterocycles. The Morgan fingerprint density at radius 2 is 1.91 bits per heavy atom. The number of carbonyl (C=O) groups is 1. The molecule has 1 aliphatic rings. The van der Waals surface area contributed by atoms with Gasteiger partial charge in [-0.2, -0.15) is 5.10 Å². The number of hydrogen-bond donors (Lipinski definition) is 2. The summed E-state index contributed by atoms with van der Waals surface area (Å²) in [5.41, 5.74) is 4.88. The van der Waals surface area contributed by atoms with Gasteiger partial charge >= 0.3 is 0 Å². The minimum atomic E-state index is -0.162. The third-order valence-corrected chi connectivity index (χ3v) is 6.62. The zero-order chi connectivity index (χ0) is 23.9. The van der Waals surface area contributed by atoms with Crippen molar-refractivity contribution in [1.29, 1.82) is 0 Å². The average Bonchev–Trinajstić information content (AvgIpc) is 3.24. The first kappa shape index (κ1) is 24.0. The van der Waals surface area contributed by atoms with E-state index in [1.54, 1.807) is 7.11 Å². The molecule has 180 valence electrons. The molecule has 34 heavy (non-hydrogen) atoms. The first-order valence-electron chi connectivity index (χ1n) is 12.0. The van der Waals surface area contributed by atoms with Crippen LogP contribution in [-0.4, -0.2) is 52.0 Å². The molecular formula is C27H34N4O3. The van der Waals surface area contributed by atoms with Gasteiger partial charge in [-0.1, -0.05) is 42.5 Å². The lowest BCUT2D eigenvalue weighted by Gasteiger charge is -2.33. The number of benzene rings is 2. The van der Waals surface area contributed by atoms with Crippen LogP contribution in [0.4, 0.5) is 0 Å². The van der Waals surface area contributed by atoms with Crippen molar-refractivity contribution in [3.63, 3.8) is 0 Å². The van der Waals surface area contributed by atoms with Crippen LogP contribution in [0.1, 0.15) is 46.2 Å². The van der Waals surface area contributed by atoms with E-state index in [0.29, 0.717) is 31.4 Å². The quantitative estimate of drug-likeness (QED) is 0.484. The first-order chi connectivity index (χ1) is 16.6. The molecule has 0 bridgehead atoms. The highest BCUT2D eigenvalue weighted by molar-refractivity contribution is 5.94. The van der Waals surface area contributed by atoms with E-state index in [2.05, 4.69) is 34.4 Å². The highest BCUT2D eigenvalue weighted by Gasteiger charge is 2.29. The van der Waals surface area contributed by atoms with Crippen LogP contribution in [0.5, 0.6) is 5.75 Å². The maximum atomic E-state index is 13.1. The van der Waals surface area contributed by atoms with Gasteiger partial charge in [0.15, 0.2) is 5.69 Å². The molecule has 0 aliphatic carbocycles. The van der Waals surface area contributed by atoms with Crippen molar-refractivity contribution in [3.05, 3.63) is 82.7 Å². The lowest BCUT2D eigenvalue weighted by atomic mass is 10.00. The molecule has 0 spiro atoms. The van der Waals surface area contributed by atoms with E-state index in [-0.39, 0.29) is 12.5 Å². The van der Waals surface area contributed by atoms with Crippen molar-refractivity contribution >= 4 is 5.91 Å². The van der Waals surface area contributed by atoms with Gasteiger partial charge in [-0.3, -0.25) is 14.4 Å². The number of nitrogens with one attached hydrogen (secondary N) is 1. The van der Waals surface area contributed by atoms with Crippen LogP contribution in [0, 0.1) is 0 Å². The SMILES string of the molecule is COc1ccc(CC[C@H](C)N2CCc3c(c(C(=O)NCc4ccccc4)nn3CCO)C2)cc1. The minimum absolute atomic E-state index is 0.00116. The Kier molecular flexibility index (Phi) is 7.98. The molecule has 0 saturated carbocycles. The fraction of sp³-hybridized carbons (Fsp3) is 0.407. The van der Waals surface area contributed by atoms with E-state index in [4.69, 9.17) is 4.74 Å². The molecule has 0 unspecified atom stereocenters. The van der Waals surface area contributed by atoms with Crippen molar-refractivity contribution in [2.45, 2.75) is 51.9 Å². The summed E-state index contributed by atoms with van der Waals surface area (Å²) in [7, 11) is 1.68. The van der Waals surface area contributed by atoms with E-state index in [9.17, 15) is 9.90 Å². The van der Waals surface area contributed by atoms with Gasteiger partial charge in [-0.05, 0) is 43.0 Å². The molecule has 1 aromatic heterocycles. The Morgan fingerprint density at radius 3 is 2.62 bits per heavy atom. The maximum Gasteiger partial charge on any atom is 0.272 e. The van der Waals surface area contributed by atoms with Crippen LogP contribution in [0.2, 0.25) is 0 Å². The Morgan fingerprint density at radius 1 is 1.15 bits per heavy atom. The Balaban J connectivity index is 1.43. The summed E-state index contributed by atoms with van der Waals surface area (Å²) in [6.07, 6.45) is 2.84. The molecule has 1 atom stereocenters. The van der Waals surface area contributed by atoms with Gasteiger partial charge in [-0.25, -0.2) is 0 Å². The molecule has 3 aromatic rings. The zero-order valence-electron chi connectivity index (χ0n) is 20.0. The number of nitrogens with zero attached hydrogens (tertiary/aromatic N) is 3. The fourth-order valence-electron chi connectivity index (χ4n) is 4.56. The fourth-order valence-corrected chi connectivity index (χ4v) is 4.56. The van der Waals surface area contributed by atoms with E-state index < -0.39 is 0 Å². The number of aromatic nitrogens is 2. The predicted octanol–water partition coefficient (Wildman–Crippen LogP) is 3.19. The standard InChI is InChI=1S/C27H34N4O3/c1-20(8-9-21-10-12-23(34-2)13-11-21)30-15-14-25-24(19-30)26(29-31(25)16-17-32)27(33)28-18-22-6-4-3-5-7-22/h3-7,10-13,20,32H,8-9,14-19H2,1-2H3,(H,28,33)/t20-/m0/s1. The Labute approximate surface area is 201 Å². The van der Waals surface area contributed by atoms with Gasteiger partial charge < -0.3 is 15.2 Å². The van der Waals surface area contributed by atoms with Gasteiger partial charge in [-0.15, -0.1) is 0 Å². The summed E-state index contributed by atoms with van der Waals surface area (Å²) < 4.78 is 7.06. The van der Waals surface area contributed by atoms with E-state index in [0.717, 1.165) is 48.4 Å². The number of aliphatic hydroxyl groups excluding tert-OH is 1. The second-order valence-electron chi connectivity index (χ2n) is 8.85. The van der Waals surface area contributed by atoms with Crippen LogP contribution < -0.4 is 10.1 Å².